The number of nitrogens with zero attached hydrogens (tertiary/aromatic N) is 3. The van der Waals surface area contributed by atoms with Crippen molar-refractivity contribution in [3.05, 3.63) is 16.9 Å². The molecule has 2 heterocycles. The van der Waals surface area contributed by atoms with E-state index in [1.54, 1.807) is 22.8 Å². The summed E-state index contributed by atoms with van der Waals surface area (Å²) in [6.07, 6.45) is 2.58. The van der Waals surface area contributed by atoms with Crippen molar-refractivity contribution in [3.8, 4) is 0 Å². The number of rotatable bonds is 2. The molecule has 1 fully saturated rings. The third-order valence-corrected chi connectivity index (χ3v) is 3.54. The van der Waals surface area contributed by atoms with E-state index in [1.807, 2.05) is 6.20 Å². The summed E-state index contributed by atoms with van der Waals surface area (Å²) in [5, 5.41) is 4.16. The SMILES string of the molecule is CN1CCC(n2cc(Br)cn2)CC1C(F)F. The van der Waals surface area contributed by atoms with Gasteiger partial charge < -0.3 is 0 Å². The number of halogens is 3. The van der Waals surface area contributed by atoms with Crippen LogP contribution in [0.1, 0.15) is 18.9 Å². The maximum atomic E-state index is 12.8. The third kappa shape index (κ3) is 2.43. The maximum Gasteiger partial charge on any atom is 0.253 e. The first-order valence-corrected chi connectivity index (χ1v) is 6.05. The number of hydrogen-bond acceptors (Lipinski definition) is 2. The Morgan fingerprint density at radius 3 is 2.88 bits per heavy atom. The van der Waals surface area contributed by atoms with Crippen molar-refractivity contribution in [2.75, 3.05) is 13.6 Å². The van der Waals surface area contributed by atoms with Gasteiger partial charge in [0.1, 0.15) is 0 Å². The lowest BCUT2D eigenvalue weighted by Crippen LogP contribution is -2.44. The Labute approximate surface area is 102 Å². The molecule has 0 aliphatic carbocycles. The summed E-state index contributed by atoms with van der Waals surface area (Å²) in [5.74, 6) is 0. The number of hydrogen-bond donors (Lipinski definition) is 0. The molecule has 16 heavy (non-hydrogen) atoms. The summed E-state index contributed by atoms with van der Waals surface area (Å²) in [6.45, 7) is 0.692. The summed E-state index contributed by atoms with van der Waals surface area (Å²) in [7, 11) is 1.76. The van der Waals surface area contributed by atoms with Crippen LogP contribution in [0.2, 0.25) is 0 Å². The zero-order valence-electron chi connectivity index (χ0n) is 8.98. The van der Waals surface area contributed by atoms with Crippen LogP contribution >= 0.6 is 15.9 Å². The van der Waals surface area contributed by atoms with Gasteiger partial charge in [0, 0.05) is 12.7 Å². The standard InChI is InChI=1S/C10H14BrF2N3/c1-15-3-2-8(4-9(15)10(12)13)16-6-7(11)5-14-16/h5-6,8-10H,2-4H2,1H3. The second-order valence-corrected chi connectivity index (χ2v) is 5.11. The van der Waals surface area contributed by atoms with Gasteiger partial charge in [-0.25, -0.2) is 8.78 Å². The lowest BCUT2D eigenvalue weighted by molar-refractivity contribution is 0.00284. The van der Waals surface area contributed by atoms with Gasteiger partial charge in [0.15, 0.2) is 0 Å². The van der Waals surface area contributed by atoms with Crippen LogP contribution in [0.3, 0.4) is 0 Å². The summed E-state index contributed by atoms with van der Waals surface area (Å²) < 4.78 is 28.2. The van der Waals surface area contributed by atoms with Crippen LogP contribution in [0, 0.1) is 0 Å². The molecule has 0 radical (unpaired) electrons. The largest absolute Gasteiger partial charge is 0.298 e. The minimum absolute atomic E-state index is 0.0847. The highest BCUT2D eigenvalue weighted by atomic mass is 79.9. The molecule has 0 bridgehead atoms. The summed E-state index contributed by atoms with van der Waals surface area (Å²) in [6, 6.07) is -0.566. The highest BCUT2D eigenvalue weighted by Crippen LogP contribution is 2.29. The van der Waals surface area contributed by atoms with E-state index in [9.17, 15) is 8.78 Å². The van der Waals surface area contributed by atoms with E-state index in [-0.39, 0.29) is 6.04 Å². The van der Waals surface area contributed by atoms with Gasteiger partial charge in [0.25, 0.3) is 6.43 Å². The number of alkyl halides is 2. The normalized spacial score (nSPS) is 27.6. The van der Waals surface area contributed by atoms with Crippen molar-refractivity contribution in [1.29, 1.82) is 0 Å². The molecule has 1 aliphatic heterocycles. The van der Waals surface area contributed by atoms with Crippen molar-refractivity contribution in [3.63, 3.8) is 0 Å². The van der Waals surface area contributed by atoms with Crippen LogP contribution in [-0.2, 0) is 0 Å². The second-order valence-electron chi connectivity index (χ2n) is 4.20. The average molecular weight is 294 g/mol. The molecular weight excluding hydrogens is 280 g/mol. The molecule has 1 saturated heterocycles. The molecule has 6 heteroatoms. The quantitative estimate of drug-likeness (QED) is 0.836. The third-order valence-electron chi connectivity index (χ3n) is 3.13. The van der Waals surface area contributed by atoms with Crippen molar-refractivity contribution < 1.29 is 8.78 Å². The molecule has 0 aromatic carbocycles. The zero-order valence-corrected chi connectivity index (χ0v) is 10.6. The van der Waals surface area contributed by atoms with Crippen molar-refractivity contribution in [1.82, 2.24) is 14.7 Å². The minimum Gasteiger partial charge on any atom is -0.298 e. The molecule has 0 spiro atoms. The Bertz CT molecular complexity index is 356. The molecule has 3 nitrogen and oxygen atoms in total. The van der Waals surface area contributed by atoms with Crippen LogP contribution in [-0.4, -0.2) is 40.7 Å². The lowest BCUT2D eigenvalue weighted by atomic mass is 9.98. The van der Waals surface area contributed by atoms with Gasteiger partial charge in [-0.2, -0.15) is 5.10 Å². The van der Waals surface area contributed by atoms with E-state index in [0.717, 1.165) is 10.9 Å². The minimum atomic E-state index is -2.29. The van der Waals surface area contributed by atoms with Gasteiger partial charge in [-0.15, -0.1) is 0 Å². The molecule has 0 amide bonds. The first-order valence-electron chi connectivity index (χ1n) is 5.26. The van der Waals surface area contributed by atoms with E-state index in [2.05, 4.69) is 21.0 Å². The number of likely N-dealkylation sites (tertiary alicyclic amines) is 1. The highest BCUT2D eigenvalue weighted by molar-refractivity contribution is 9.10. The number of piperidine rings is 1. The van der Waals surface area contributed by atoms with E-state index >= 15 is 0 Å². The van der Waals surface area contributed by atoms with Gasteiger partial charge in [-0.3, -0.25) is 9.58 Å². The van der Waals surface area contributed by atoms with Crippen LogP contribution in [0.15, 0.2) is 16.9 Å². The Morgan fingerprint density at radius 1 is 1.56 bits per heavy atom. The fourth-order valence-corrected chi connectivity index (χ4v) is 2.45. The average Bonchev–Trinajstić information content (AvgIpc) is 2.65. The highest BCUT2D eigenvalue weighted by Gasteiger charge is 2.33. The molecular formula is C10H14BrF2N3. The number of aromatic nitrogens is 2. The second kappa shape index (κ2) is 4.79. The molecule has 0 saturated carbocycles. The molecule has 1 aliphatic rings. The molecule has 2 unspecified atom stereocenters. The van der Waals surface area contributed by atoms with Gasteiger partial charge in [0.05, 0.1) is 22.8 Å². The van der Waals surface area contributed by atoms with Crippen molar-refractivity contribution >= 4 is 15.9 Å². The summed E-state index contributed by atoms with van der Waals surface area (Å²) in [4.78, 5) is 1.74. The molecule has 1 aromatic heterocycles. The topological polar surface area (TPSA) is 21.1 Å². The van der Waals surface area contributed by atoms with E-state index in [0.29, 0.717) is 13.0 Å². The first-order chi connectivity index (χ1) is 7.58. The fourth-order valence-electron chi connectivity index (χ4n) is 2.15. The smallest absolute Gasteiger partial charge is 0.253 e. The molecule has 0 N–H and O–H groups in total. The zero-order chi connectivity index (χ0) is 11.7. The fraction of sp³-hybridized carbons (Fsp3) is 0.700. The Kier molecular flexibility index (Phi) is 3.59. The van der Waals surface area contributed by atoms with Gasteiger partial charge in [-0.1, -0.05) is 0 Å². The molecule has 2 rings (SSSR count). The van der Waals surface area contributed by atoms with Crippen molar-refractivity contribution in [2.24, 2.45) is 0 Å². The van der Waals surface area contributed by atoms with Gasteiger partial charge >= 0.3 is 0 Å². The Hall–Kier alpha value is -0.490. The first kappa shape index (κ1) is 12.0. The van der Waals surface area contributed by atoms with Crippen LogP contribution in [0.4, 0.5) is 8.78 Å². The molecule has 90 valence electrons. The van der Waals surface area contributed by atoms with Crippen LogP contribution < -0.4 is 0 Å². The molecule has 2 atom stereocenters. The summed E-state index contributed by atoms with van der Waals surface area (Å²) >= 11 is 3.31. The maximum absolute atomic E-state index is 12.8. The monoisotopic (exact) mass is 293 g/mol. The van der Waals surface area contributed by atoms with Gasteiger partial charge in [0.2, 0.25) is 0 Å². The molecule has 1 aromatic rings. The predicted molar refractivity (Wildman–Crippen MR) is 60.6 cm³/mol. The van der Waals surface area contributed by atoms with Crippen molar-refractivity contribution in [2.45, 2.75) is 31.4 Å². The van der Waals surface area contributed by atoms with E-state index < -0.39 is 12.5 Å². The van der Waals surface area contributed by atoms with E-state index in [1.165, 1.54) is 0 Å². The summed E-state index contributed by atoms with van der Waals surface area (Å²) in [5.41, 5.74) is 0. The van der Waals surface area contributed by atoms with E-state index in [4.69, 9.17) is 0 Å². The van der Waals surface area contributed by atoms with Crippen LogP contribution in [0.5, 0.6) is 0 Å². The Balaban J connectivity index is 2.08. The Morgan fingerprint density at radius 2 is 2.31 bits per heavy atom. The van der Waals surface area contributed by atoms with Gasteiger partial charge in [-0.05, 0) is 35.8 Å². The van der Waals surface area contributed by atoms with Crippen LogP contribution in [0.25, 0.3) is 0 Å². The lowest BCUT2D eigenvalue weighted by Gasteiger charge is -2.36. The predicted octanol–water partition coefficient (Wildman–Crippen LogP) is 2.55.